The van der Waals surface area contributed by atoms with Crippen LogP contribution in [0.25, 0.3) is 10.9 Å². The van der Waals surface area contributed by atoms with Crippen LogP contribution in [0.1, 0.15) is 89.1 Å². The van der Waals surface area contributed by atoms with E-state index in [9.17, 15) is 24.9 Å². The first-order chi connectivity index (χ1) is 27.2. The smallest absolute Gasteiger partial charge is 0.344 e. The summed E-state index contributed by atoms with van der Waals surface area (Å²) in [5, 5.41) is 42.6. The Balaban J connectivity index is 1.43. The lowest BCUT2D eigenvalue weighted by Gasteiger charge is -2.62. The molecule has 1 aliphatic carbocycles. The lowest BCUT2D eigenvalue weighted by atomic mass is 9.47. The fourth-order valence-corrected chi connectivity index (χ4v) is 12.3. The molecule has 9 unspecified atom stereocenters. The van der Waals surface area contributed by atoms with E-state index in [1.54, 1.807) is 7.11 Å². The quantitative estimate of drug-likeness (QED) is 0.161. The van der Waals surface area contributed by atoms with E-state index in [1.807, 2.05) is 39.0 Å². The van der Waals surface area contributed by atoms with Crippen molar-refractivity contribution < 1.29 is 39.1 Å². The average molecular weight is 785 g/mol. The first-order valence-electron chi connectivity index (χ1n) is 20.9. The number of carbonyl (C=O) groups excluding carboxylic acids is 2. The van der Waals surface area contributed by atoms with Crippen LogP contribution in [-0.4, -0.2) is 124 Å². The molecule has 308 valence electrons. The molecule has 0 radical (unpaired) electrons. The number of nitrogens with zero attached hydrogens (tertiary/aromatic N) is 2. The highest BCUT2D eigenvalue weighted by molar-refractivity contribution is 5.88. The molecule has 1 saturated heterocycles. The highest BCUT2D eigenvalue weighted by atomic mass is 16.6. The van der Waals surface area contributed by atoms with Crippen molar-refractivity contribution in [3.05, 3.63) is 70.9 Å². The number of benzene rings is 2. The first-order valence-corrected chi connectivity index (χ1v) is 20.9. The van der Waals surface area contributed by atoms with Crippen molar-refractivity contribution in [3.8, 4) is 5.75 Å². The number of aliphatic hydroxyl groups excluding tert-OH is 1. The first kappa shape index (κ1) is 39.9. The topological polar surface area (TPSA) is 157 Å². The van der Waals surface area contributed by atoms with Gasteiger partial charge in [-0.05, 0) is 81.8 Å². The molecule has 0 amide bonds. The molecule has 1 aromatic heterocycles. The number of H-pyrrole nitrogens is 1. The van der Waals surface area contributed by atoms with E-state index in [0.717, 1.165) is 46.4 Å². The Hall–Kier alpha value is -3.94. The van der Waals surface area contributed by atoms with Gasteiger partial charge in [-0.3, -0.25) is 9.69 Å². The van der Waals surface area contributed by atoms with Crippen molar-refractivity contribution in [1.29, 1.82) is 0 Å². The van der Waals surface area contributed by atoms with Crippen LogP contribution in [0, 0.1) is 5.41 Å². The molecule has 8 rings (SSSR count). The van der Waals surface area contributed by atoms with Gasteiger partial charge in [0.05, 0.1) is 37.4 Å². The molecule has 3 aromatic rings. The molecule has 57 heavy (non-hydrogen) atoms. The average Bonchev–Trinajstić information content (AvgIpc) is 3.89. The standard InChI is InChI=1S/C45H60N4O8/c1-8-41(53)18-19-43(27(4)50,36-30(16-22-48(10-3)26-41)29-14-11-12-15-33(29)46-36)32-24-31-34(25-35(32)55-6)47-37-44(31)20-23-49-21-13-17-42(9-2,38(44)49)39(57-28(5)51)45(37,54)40(52)56-7/h11-15,17,24-25,27,37-39,46-47,50,53-54H,8-10,16,18-23,26H2,1-7H3. The molecular weight excluding hydrogens is 725 g/mol. The van der Waals surface area contributed by atoms with Crippen molar-refractivity contribution in [2.24, 2.45) is 5.41 Å². The second kappa shape index (κ2) is 14.1. The number of esters is 2. The molecule has 2 fully saturated rings. The predicted molar refractivity (Wildman–Crippen MR) is 217 cm³/mol. The third-order valence-corrected chi connectivity index (χ3v) is 15.1. The van der Waals surface area contributed by atoms with Crippen LogP contribution in [0.3, 0.4) is 0 Å². The summed E-state index contributed by atoms with van der Waals surface area (Å²) in [6.45, 7) is 12.7. The SMILES string of the molecule is CCN1CCc2c([nH]c3ccccc23)C(c2cc3c(cc2OC)NC2C(O)(C(=O)OC)C(OC(C)=O)C4(CC)C=CCN5CCC32C54)(C(C)O)CCC(O)(CC)C1. The van der Waals surface area contributed by atoms with E-state index in [2.05, 4.69) is 57.4 Å². The molecular formula is C45H60N4O8. The van der Waals surface area contributed by atoms with Gasteiger partial charge in [0.2, 0.25) is 5.60 Å². The van der Waals surface area contributed by atoms with Gasteiger partial charge in [0.1, 0.15) is 5.75 Å². The molecule has 9 atom stereocenters. The number of likely N-dealkylation sites (N-methyl/N-ethyl adjacent to an activating group) is 1. The fraction of sp³-hybridized carbons (Fsp3) is 0.600. The lowest BCUT2D eigenvalue weighted by Crippen LogP contribution is -2.80. The summed E-state index contributed by atoms with van der Waals surface area (Å²) >= 11 is 0. The molecule has 5 heterocycles. The fourth-order valence-electron chi connectivity index (χ4n) is 12.3. The Morgan fingerprint density at radius 3 is 2.46 bits per heavy atom. The van der Waals surface area contributed by atoms with Crippen LogP contribution in [-0.2, 0) is 36.3 Å². The third kappa shape index (κ3) is 5.43. The van der Waals surface area contributed by atoms with Gasteiger partial charge in [0.25, 0.3) is 0 Å². The predicted octanol–water partition coefficient (Wildman–Crippen LogP) is 4.56. The van der Waals surface area contributed by atoms with Crippen LogP contribution in [0.15, 0.2) is 48.6 Å². The number of methoxy groups -OCH3 is 2. The molecule has 5 aliphatic rings. The van der Waals surface area contributed by atoms with E-state index < -0.39 is 57.6 Å². The van der Waals surface area contributed by atoms with Crippen LogP contribution in [0.2, 0.25) is 0 Å². The maximum atomic E-state index is 14.2. The van der Waals surface area contributed by atoms with E-state index in [1.165, 1.54) is 14.0 Å². The van der Waals surface area contributed by atoms with Gasteiger partial charge >= 0.3 is 11.9 Å². The van der Waals surface area contributed by atoms with Crippen molar-refractivity contribution in [1.82, 2.24) is 14.8 Å². The zero-order valence-corrected chi connectivity index (χ0v) is 34.5. The number of aromatic amines is 1. The highest BCUT2D eigenvalue weighted by Gasteiger charge is 2.79. The summed E-state index contributed by atoms with van der Waals surface area (Å²) in [5.74, 6) is -0.930. The number of rotatable bonds is 8. The van der Waals surface area contributed by atoms with Gasteiger partial charge in [0, 0.05) is 77.3 Å². The van der Waals surface area contributed by atoms with Crippen LogP contribution >= 0.6 is 0 Å². The number of nitrogens with one attached hydrogen (secondary N) is 2. The zero-order chi connectivity index (χ0) is 40.7. The van der Waals surface area contributed by atoms with Crippen LogP contribution in [0.5, 0.6) is 5.75 Å². The van der Waals surface area contributed by atoms with E-state index in [4.69, 9.17) is 14.2 Å². The Kier molecular flexibility index (Phi) is 9.87. The number of para-hydroxylation sites is 1. The minimum Gasteiger partial charge on any atom is -0.496 e. The van der Waals surface area contributed by atoms with Gasteiger partial charge in [-0.25, -0.2) is 4.79 Å². The van der Waals surface area contributed by atoms with Crippen LogP contribution < -0.4 is 10.1 Å². The number of β-amino-alcohol motifs (C(OH)–C–C–N with tert-alkyl or cyclic N) is 1. The molecule has 2 aromatic carbocycles. The number of ether oxygens (including phenoxy) is 3. The van der Waals surface area contributed by atoms with Gasteiger partial charge in [-0.1, -0.05) is 51.1 Å². The van der Waals surface area contributed by atoms with E-state index >= 15 is 0 Å². The molecule has 0 bridgehead atoms. The number of aromatic nitrogens is 1. The normalized spacial score (nSPS) is 35.4. The summed E-state index contributed by atoms with van der Waals surface area (Å²) in [4.78, 5) is 35.6. The number of anilines is 1. The summed E-state index contributed by atoms with van der Waals surface area (Å²) in [5.41, 5.74) is -0.803. The molecule has 4 aliphatic heterocycles. The summed E-state index contributed by atoms with van der Waals surface area (Å²) in [7, 11) is 2.88. The number of aliphatic hydroxyl groups is 3. The minimum atomic E-state index is -2.28. The summed E-state index contributed by atoms with van der Waals surface area (Å²) < 4.78 is 17.8. The molecule has 1 spiro atoms. The Labute approximate surface area is 335 Å². The Morgan fingerprint density at radius 1 is 1.02 bits per heavy atom. The molecule has 12 nitrogen and oxygen atoms in total. The van der Waals surface area contributed by atoms with Crippen molar-refractivity contribution in [2.75, 3.05) is 52.3 Å². The maximum Gasteiger partial charge on any atom is 0.344 e. The number of hydrogen-bond donors (Lipinski definition) is 5. The summed E-state index contributed by atoms with van der Waals surface area (Å²) in [6.07, 6.45) is 5.09. The van der Waals surface area contributed by atoms with Gasteiger partial charge in [0.15, 0.2) is 6.10 Å². The Bertz CT molecular complexity index is 2100. The largest absolute Gasteiger partial charge is 0.496 e. The highest BCUT2D eigenvalue weighted by Crippen LogP contribution is 2.67. The second-order valence-electron chi connectivity index (χ2n) is 17.4. The molecule has 12 heteroatoms. The number of fused-ring (bicyclic) bond motifs is 4. The monoisotopic (exact) mass is 784 g/mol. The molecule has 5 N–H and O–H groups in total. The third-order valence-electron chi connectivity index (χ3n) is 15.1. The van der Waals surface area contributed by atoms with Crippen molar-refractivity contribution in [3.63, 3.8) is 0 Å². The second-order valence-corrected chi connectivity index (χ2v) is 17.4. The van der Waals surface area contributed by atoms with Crippen LogP contribution in [0.4, 0.5) is 5.69 Å². The minimum absolute atomic E-state index is 0.269. The van der Waals surface area contributed by atoms with Crippen molar-refractivity contribution >= 4 is 28.5 Å². The Morgan fingerprint density at radius 2 is 1.79 bits per heavy atom. The van der Waals surface area contributed by atoms with Crippen molar-refractivity contribution in [2.45, 2.75) is 119 Å². The van der Waals surface area contributed by atoms with E-state index in [0.29, 0.717) is 69.6 Å². The lowest BCUT2D eigenvalue weighted by molar-refractivity contribution is -0.226. The van der Waals surface area contributed by atoms with Gasteiger partial charge in [-0.15, -0.1) is 0 Å². The zero-order valence-electron chi connectivity index (χ0n) is 34.5. The number of carbonyl (C=O) groups is 2. The maximum absolute atomic E-state index is 14.2. The van der Waals surface area contributed by atoms with E-state index in [-0.39, 0.29) is 6.04 Å². The number of hydrogen-bond acceptors (Lipinski definition) is 11. The molecule has 1 saturated carbocycles. The van der Waals surface area contributed by atoms with Gasteiger partial charge < -0.3 is 44.7 Å². The van der Waals surface area contributed by atoms with Gasteiger partial charge in [-0.2, -0.15) is 0 Å². The summed E-state index contributed by atoms with van der Waals surface area (Å²) in [6, 6.07) is 11.2.